The Morgan fingerprint density at radius 2 is 1.75 bits per heavy atom. The summed E-state index contributed by atoms with van der Waals surface area (Å²) >= 11 is 0. The van der Waals surface area contributed by atoms with Gasteiger partial charge in [-0.1, -0.05) is 36.4 Å². The lowest BCUT2D eigenvalue weighted by atomic mass is 9.73. The standard InChI is InChI=1S/C26H28N2O4/c1-30-24-17-21(7-8-23(24)32-19-20-9-13-27-14-10-20)18-28-25(29)26(11-15-31-16-12-26)22-5-3-2-4-6-22/h2-10,13-14,17H,11-12,15-16,18-19H2,1H3,(H,28,29). The highest BCUT2D eigenvalue weighted by atomic mass is 16.5. The van der Waals surface area contributed by atoms with E-state index < -0.39 is 5.41 Å². The third kappa shape index (κ3) is 4.92. The number of hydrogen-bond acceptors (Lipinski definition) is 5. The lowest BCUT2D eigenvalue weighted by Gasteiger charge is -2.36. The van der Waals surface area contributed by atoms with Crippen LogP contribution in [-0.2, 0) is 28.1 Å². The van der Waals surface area contributed by atoms with Crippen molar-refractivity contribution < 1.29 is 19.0 Å². The van der Waals surface area contributed by atoms with E-state index in [1.807, 2.05) is 60.7 Å². The molecule has 0 spiro atoms. The predicted octanol–water partition coefficient (Wildman–Crippen LogP) is 4.03. The van der Waals surface area contributed by atoms with Gasteiger partial charge < -0.3 is 19.5 Å². The number of ether oxygens (including phenoxy) is 3. The molecule has 4 rings (SSSR count). The Morgan fingerprint density at radius 1 is 1.00 bits per heavy atom. The minimum absolute atomic E-state index is 0.0315. The Morgan fingerprint density at radius 3 is 2.47 bits per heavy atom. The second-order valence-corrected chi connectivity index (χ2v) is 7.87. The summed E-state index contributed by atoms with van der Waals surface area (Å²) in [4.78, 5) is 17.4. The highest BCUT2D eigenvalue weighted by Gasteiger charge is 2.41. The topological polar surface area (TPSA) is 69.7 Å². The zero-order valence-corrected chi connectivity index (χ0v) is 18.3. The maximum Gasteiger partial charge on any atom is 0.231 e. The largest absolute Gasteiger partial charge is 0.493 e. The van der Waals surface area contributed by atoms with Gasteiger partial charge >= 0.3 is 0 Å². The number of benzene rings is 2. The molecule has 1 aromatic heterocycles. The summed E-state index contributed by atoms with van der Waals surface area (Å²) in [6.45, 7) is 2.01. The highest BCUT2D eigenvalue weighted by Crippen LogP contribution is 2.35. The number of rotatable bonds is 8. The van der Waals surface area contributed by atoms with Gasteiger partial charge in [-0.05, 0) is 53.8 Å². The second-order valence-electron chi connectivity index (χ2n) is 7.87. The van der Waals surface area contributed by atoms with E-state index in [0.717, 1.165) is 16.7 Å². The summed E-state index contributed by atoms with van der Waals surface area (Å²) < 4.78 is 17.0. The molecular weight excluding hydrogens is 404 g/mol. The molecule has 1 amide bonds. The van der Waals surface area contributed by atoms with Crippen molar-refractivity contribution in [2.45, 2.75) is 31.4 Å². The van der Waals surface area contributed by atoms with E-state index in [4.69, 9.17) is 14.2 Å². The fourth-order valence-electron chi connectivity index (χ4n) is 4.06. The van der Waals surface area contributed by atoms with Crippen molar-refractivity contribution in [2.75, 3.05) is 20.3 Å². The third-order valence-electron chi connectivity index (χ3n) is 5.93. The number of methoxy groups -OCH3 is 1. The molecule has 0 radical (unpaired) electrons. The van der Waals surface area contributed by atoms with Crippen LogP contribution in [-0.4, -0.2) is 31.2 Å². The molecule has 1 fully saturated rings. The van der Waals surface area contributed by atoms with E-state index in [-0.39, 0.29) is 5.91 Å². The summed E-state index contributed by atoms with van der Waals surface area (Å²) in [5.41, 5.74) is 2.46. The van der Waals surface area contributed by atoms with Crippen LogP contribution in [0.4, 0.5) is 0 Å². The van der Waals surface area contributed by atoms with Gasteiger partial charge in [0.15, 0.2) is 11.5 Å². The quantitative estimate of drug-likeness (QED) is 0.582. The average molecular weight is 433 g/mol. The number of pyridine rings is 1. The van der Waals surface area contributed by atoms with Gasteiger partial charge in [0.05, 0.1) is 12.5 Å². The van der Waals surface area contributed by atoms with Crippen LogP contribution >= 0.6 is 0 Å². The molecule has 1 aliphatic rings. The maximum absolute atomic E-state index is 13.3. The Kier molecular flexibility index (Phi) is 7.02. The summed E-state index contributed by atoms with van der Waals surface area (Å²) in [5.74, 6) is 1.32. The van der Waals surface area contributed by atoms with E-state index in [9.17, 15) is 4.79 Å². The van der Waals surface area contributed by atoms with Gasteiger partial charge in [0.2, 0.25) is 5.91 Å². The number of carbonyl (C=O) groups excluding carboxylic acids is 1. The number of amides is 1. The van der Waals surface area contributed by atoms with Crippen LogP contribution in [0.2, 0.25) is 0 Å². The zero-order valence-electron chi connectivity index (χ0n) is 18.3. The van der Waals surface area contributed by atoms with Gasteiger partial charge in [0.1, 0.15) is 6.61 Å². The normalized spacial score (nSPS) is 15.0. The first-order valence-corrected chi connectivity index (χ1v) is 10.8. The number of nitrogens with one attached hydrogen (secondary N) is 1. The van der Waals surface area contributed by atoms with Gasteiger partial charge in [0, 0.05) is 32.2 Å². The van der Waals surface area contributed by atoms with Crippen LogP contribution in [0, 0.1) is 0 Å². The third-order valence-corrected chi connectivity index (χ3v) is 5.93. The fourth-order valence-corrected chi connectivity index (χ4v) is 4.06. The molecule has 0 saturated carbocycles. The molecule has 0 unspecified atom stereocenters. The molecule has 0 bridgehead atoms. The van der Waals surface area contributed by atoms with E-state index >= 15 is 0 Å². The molecule has 6 heteroatoms. The molecule has 1 N–H and O–H groups in total. The molecular formula is C26H28N2O4. The van der Waals surface area contributed by atoms with Gasteiger partial charge in [-0.2, -0.15) is 0 Å². The van der Waals surface area contributed by atoms with Crippen molar-refractivity contribution >= 4 is 5.91 Å². The summed E-state index contributed by atoms with van der Waals surface area (Å²) in [7, 11) is 1.61. The monoisotopic (exact) mass is 432 g/mol. The molecule has 2 aromatic carbocycles. The highest BCUT2D eigenvalue weighted by molar-refractivity contribution is 5.88. The zero-order chi connectivity index (χ0) is 22.2. The molecule has 1 saturated heterocycles. The van der Waals surface area contributed by atoms with Crippen molar-refractivity contribution in [3.05, 3.63) is 89.7 Å². The molecule has 32 heavy (non-hydrogen) atoms. The first-order valence-electron chi connectivity index (χ1n) is 10.8. The number of nitrogens with zero attached hydrogens (tertiary/aromatic N) is 1. The SMILES string of the molecule is COc1cc(CNC(=O)C2(c3ccccc3)CCOCC2)ccc1OCc1ccncc1. The molecule has 2 heterocycles. The molecule has 0 aliphatic carbocycles. The van der Waals surface area contributed by atoms with Gasteiger partial charge in [0.25, 0.3) is 0 Å². The molecule has 6 nitrogen and oxygen atoms in total. The van der Waals surface area contributed by atoms with Crippen LogP contribution < -0.4 is 14.8 Å². The van der Waals surface area contributed by atoms with E-state index in [1.165, 1.54) is 0 Å². The van der Waals surface area contributed by atoms with Crippen LogP contribution in [0.1, 0.15) is 29.5 Å². The first-order chi connectivity index (χ1) is 15.7. The Hall–Kier alpha value is -3.38. The lowest BCUT2D eigenvalue weighted by Crippen LogP contribution is -2.47. The summed E-state index contributed by atoms with van der Waals surface area (Å²) in [6, 6.07) is 19.5. The van der Waals surface area contributed by atoms with E-state index in [2.05, 4.69) is 10.3 Å². The van der Waals surface area contributed by atoms with Gasteiger partial charge in [-0.3, -0.25) is 9.78 Å². The molecule has 166 valence electrons. The predicted molar refractivity (Wildman–Crippen MR) is 122 cm³/mol. The Balaban J connectivity index is 1.44. The maximum atomic E-state index is 13.3. The first kappa shape index (κ1) is 21.8. The smallest absolute Gasteiger partial charge is 0.231 e. The Labute approximate surface area is 188 Å². The minimum atomic E-state index is -0.558. The van der Waals surface area contributed by atoms with Gasteiger partial charge in [-0.15, -0.1) is 0 Å². The van der Waals surface area contributed by atoms with Crippen LogP contribution in [0.25, 0.3) is 0 Å². The van der Waals surface area contributed by atoms with Crippen molar-refractivity contribution in [1.29, 1.82) is 0 Å². The lowest BCUT2D eigenvalue weighted by molar-refractivity contribution is -0.130. The van der Waals surface area contributed by atoms with Crippen LogP contribution in [0.5, 0.6) is 11.5 Å². The van der Waals surface area contributed by atoms with Crippen LogP contribution in [0.15, 0.2) is 73.1 Å². The second kappa shape index (κ2) is 10.3. The van der Waals surface area contributed by atoms with Crippen molar-refractivity contribution in [3.63, 3.8) is 0 Å². The molecule has 3 aromatic rings. The van der Waals surface area contributed by atoms with Gasteiger partial charge in [-0.25, -0.2) is 0 Å². The summed E-state index contributed by atoms with van der Waals surface area (Å²) in [5, 5.41) is 3.14. The van der Waals surface area contributed by atoms with E-state index in [1.54, 1.807) is 19.5 Å². The number of carbonyl (C=O) groups is 1. The van der Waals surface area contributed by atoms with Crippen molar-refractivity contribution in [2.24, 2.45) is 0 Å². The minimum Gasteiger partial charge on any atom is -0.493 e. The Bertz CT molecular complexity index is 1020. The average Bonchev–Trinajstić information content (AvgIpc) is 2.87. The summed E-state index contributed by atoms with van der Waals surface area (Å²) in [6.07, 6.45) is 4.83. The fraction of sp³-hybridized carbons (Fsp3) is 0.308. The van der Waals surface area contributed by atoms with Crippen molar-refractivity contribution in [1.82, 2.24) is 10.3 Å². The van der Waals surface area contributed by atoms with Crippen LogP contribution in [0.3, 0.4) is 0 Å². The number of aromatic nitrogens is 1. The molecule has 1 aliphatic heterocycles. The molecule has 0 atom stereocenters. The number of hydrogen-bond donors (Lipinski definition) is 1. The van der Waals surface area contributed by atoms with E-state index in [0.29, 0.717) is 50.7 Å². The van der Waals surface area contributed by atoms with Crippen molar-refractivity contribution in [3.8, 4) is 11.5 Å².